The first-order valence-corrected chi connectivity index (χ1v) is 6.34. The molecule has 2 N–H and O–H groups in total. The number of amides is 1. The zero-order chi connectivity index (χ0) is 13.8. The molecule has 1 aromatic rings. The molecule has 1 atom stereocenters. The molecule has 0 saturated heterocycles. The summed E-state index contributed by atoms with van der Waals surface area (Å²) in [5, 5.41) is 12.3. The molecule has 1 unspecified atom stereocenters. The Morgan fingerprint density at radius 1 is 1.39 bits per heavy atom. The van der Waals surface area contributed by atoms with E-state index in [9.17, 15) is 9.90 Å². The summed E-state index contributed by atoms with van der Waals surface area (Å²) >= 11 is 0. The molecule has 0 aliphatic heterocycles. The van der Waals surface area contributed by atoms with Crippen molar-refractivity contribution < 1.29 is 9.90 Å². The quantitative estimate of drug-likeness (QED) is 0.842. The minimum atomic E-state index is -0.352. The number of hydrogen-bond donors (Lipinski definition) is 2. The molecule has 1 amide bonds. The predicted molar refractivity (Wildman–Crippen MR) is 73.6 cm³/mol. The fourth-order valence-electron chi connectivity index (χ4n) is 2.11. The molecule has 0 aliphatic carbocycles. The fraction of sp³-hybridized carbons (Fsp3) is 0.533. The van der Waals surface area contributed by atoms with E-state index in [1.807, 2.05) is 45.0 Å². The Bertz CT molecular complexity index is 411. The van der Waals surface area contributed by atoms with Crippen molar-refractivity contribution in [2.24, 2.45) is 5.41 Å². The van der Waals surface area contributed by atoms with Gasteiger partial charge in [-0.3, -0.25) is 4.79 Å². The van der Waals surface area contributed by atoms with Gasteiger partial charge in [0.1, 0.15) is 0 Å². The van der Waals surface area contributed by atoms with Crippen molar-refractivity contribution >= 4 is 5.91 Å². The topological polar surface area (TPSA) is 49.3 Å². The van der Waals surface area contributed by atoms with Crippen LogP contribution in [0, 0.1) is 12.3 Å². The number of carbonyl (C=O) groups is 1. The van der Waals surface area contributed by atoms with Crippen LogP contribution < -0.4 is 5.32 Å². The lowest BCUT2D eigenvalue weighted by Gasteiger charge is -2.26. The summed E-state index contributed by atoms with van der Waals surface area (Å²) in [4.78, 5) is 12.0. The second-order valence-electron chi connectivity index (χ2n) is 5.71. The van der Waals surface area contributed by atoms with Crippen LogP contribution in [-0.4, -0.2) is 23.7 Å². The second kappa shape index (κ2) is 6.01. The van der Waals surface area contributed by atoms with E-state index in [-0.39, 0.29) is 17.4 Å². The van der Waals surface area contributed by atoms with Crippen molar-refractivity contribution in [2.75, 3.05) is 6.54 Å². The molecule has 0 fully saturated rings. The maximum Gasteiger partial charge on any atom is 0.251 e. The van der Waals surface area contributed by atoms with Gasteiger partial charge in [-0.25, -0.2) is 0 Å². The Labute approximate surface area is 109 Å². The second-order valence-corrected chi connectivity index (χ2v) is 5.71. The SMILES string of the molecule is Cc1ccccc1C(=O)NCC(C)(C)CC(C)O. The van der Waals surface area contributed by atoms with Crippen molar-refractivity contribution in [2.45, 2.75) is 40.2 Å². The minimum absolute atomic E-state index is 0.0493. The smallest absolute Gasteiger partial charge is 0.251 e. The molecule has 100 valence electrons. The normalized spacial score (nSPS) is 13.2. The number of aliphatic hydroxyl groups is 1. The molecule has 3 nitrogen and oxygen atoms in total. The third-order valence-corrected chi connectivity index (χ3v) is 2.97. The molecule has 1 rings (SSSR count). The first kappa shape index (κ1) is 14.7. The average Bonchev–Trinajstić information content (AvgIpc) is 2.25. The van der Waals surface area contributed by atoms with Crippen molar-refractivity contribution in [3.8, 4) is 0 Å². The van der Waals surface area contributed by atoms with Gasteiger partial charge in [0.25, 0.3) is 5.91 Å². The summed E-state index contributed by atoms with van der Waals surface area (Å²) in [5.74, 6) is -0.0493. The largest absolute Gasteiger partial charge is 0.393 e. The average molecular weight is 249 g/mol. The molecule has 0 aliphatic rings. The molecule has 18 heavy (non-hydrogen) atoms. The molecular weight excluding hydrogens is 226 g/mol. The predicted octanol–water partition coefficient (Wildman–Crippen LogP) is 2.52. The third-order valence-electron chi connectivity index (χ3n) is 2.97. The van der Waals surface area contributed by atoms with E-state index in [4.69, 9.17) is 0 Å². The number of benzene rings is 1. The van der Waals surface area contributed by atoms with Crippen LogP contribution in [-0.2, 0) is 0 Å². The van der Waals surface area contributed by atoms with Crippen LogP contribution in [0.15, 0.2) is 24.3 Å². The van der Waals surface area contributed by atoms with Crippen LogP contribution in [0.4, 0.5) is 0 Å². The van der Waals surface area contributed by atoms with E-state index in [1.54, 1.807) is 6.92 Å². The van der Waals surface area contributed by atoms with Crippen LogP contribution in [0.1, 0.15) is 43.1 Å². The Morgan fingerprint density at radius 2 is 2.00 bits per heavy atom. The highest BCUT2D eigenvalue weighted by molar-refractivity contribution is 5.95. The van der Waals surface area contributed by atoms with E-state index in [0.717, 1.165) is 5.56 Å². The van der Waals surface area contributed by atoms with E-state index in [1.165, 1.54) is 0 Å². The van der Waals surface area contributed by atoms with Crippen LogP contribution in [0.3, 0.4) is 0 Å². The number of aliphatic hydroxyl groups excluding tert-OH is 1. The van der Waals surface area contributed by atoms with E-state index in [2.05, 4.69) is 5.32 Å². The van der Waals surface area contributed by atoms with Gasteiger partial charge in [0.15, 0.2) is 0 Å². The molecule has 0 aromatic heterocycles. The molecule has 0 saturated carbocycles. The molecular formula is C15H23NO2. The number of aryl methyl sites for hydroxylation is 1. The van der Waals surface area contributed by atoms with Crippen molar-refractivity contribution in [3.05, 3.63) is 35.4 Å². The molecule has 1 aromatic carbocycles. The van der Waals surface area contributed by atoms with Gasteiger partial charge in [0.05, 0.1) is 6.10 Å². The Morgan fingerprint density at radius 3 is 2.56 bits per heavy atom. The van der Waals surface area contributed by atoms with Crippen molar-refractivity contribution in [3.63, 3.8) is 0 Å². The summed E-state index contributed by atoms with van der Waals surface area (Å²) in [6.45, 7) is 8.33. The highest BCUT2D eigenvalue weighted by Crippen LogP contribution is 2.21. The third kappa shape index (κ3) is 4.49. The maximum atomic E-state index is 12.0. The van der Waals surface area contributed by atoms with Gasteiger partial charge in [0.2, 0.25) is 0 Å². The van der Waals surface area contributed by atoms with Gasteiger partial charge in [-0.15, -0.1) is 0 Å². The Hall–Kier alpha value is -1.35. The van der Waals surface area contributed by atoms with Gasteiger partial charge in [-0.1, -0.05) is 32.0 Å². The fourth-order valence-corrected chi connectivity index (χ4v) is 2.11. The first-order chi connectivity index (χ1) is 8.32. The molecule has 0 spiro atoms. The van der Waals surface area contributed by atoms with Gasteiger partial charge >= 0.3 is 0 Å². The van der Waals surface area contributed by atoms with Crippen molar-refractivity contribution in [1.29, 1.82) is 0 Å². The summed E-state index contributed by atoms with van der Waals surface area (Å²) in [5.41, 5.74) is 1.58. The summed E-state index contributed by atoms with van der Waals surface area (Å²) in [6.07, 6.45) is 0.316. The van der Waals surface area contributed by atoms with Crippen LogP contribution in [0.25, 0.3) is 0 Å². The van der Waals surface area contributed by atoms with Gasteiger partial charge < -0.3 is 10.4 Å². The van der Waals surface area contributed by atoms with E-state index < -0.39 is 0 Å². The summed E-state index contributed by atoms with van der Waals surface area (Å²) in [6, 6.07) is 7.54. The lowest BCUT2D eigenvalue weighted by Crippen LogP contribution is -2.35. The lowest BCUT2D eigenvalue weighted by atomic mass is 9.87. The molecule has 3 heteroatoms. The van der Waals surface area contributed by atoms with Gasteiger partial charge in [0, 0.05) is 12.1 Å². The van der Waals surface area contributed by atoms with E-state index in [0.29, 0.717) is 18.5 Å². The summed E-state index contributed by atoms with van der Waals surface area (Å²) < 4.78 is 0. The molecule has 0 bridgehead atoms. The highest BCUT2D eigenvalue weighted by atomic mass is 16.3. The highest BCUT2D eigenvalue weighted by Gasteiger charge is 2.21. The zero-order valence-corrected chi connectivity index (χ0v) is 11.7. The van der Waals surface area contributed by atoms with Gasteiger partial charge in [-0.2, -0.15) is 0 Å². The number of nitrogens with one attached hydrogen (secondary N) is 1. The lowest BCUT2D eigenvalue weighted by molar-refractivity contribution is 0.0901. The summed E-state index contributed by atoms with van der Waals surface area (Å²) in [7, 11) is 0. The van der Waals surface area contributed by atoms with Crippen LogP contribution in [0.2, 0.25) is 0 Å². The Kier molecular flexibility index (Phi) is 4.91. The monoisotopic (exact) mass is 249 g/mol. The molecule has 0 heterocycles. The van der Waals surface area contributed by atoms with Gasteiger partial charge in [-0.05, 0) is 37.3 Å². The van der Waals surface area contributed by atoms with E-state index >= 15 is 0 Å². The standard InChI is InChI=1S/C15H23NO2/c1-11-7-5-6-8-13(11)14(18)16-10-15(3,4)9-12(2)17/h5-8,12,17H,9-10H2,1-4H3,(H,16,18). The Balaban J connectivity index is 2.59. The minimum Gasteiger partial charge on any atom is -0.393 e. The van der Waals surface area contributed by atoms with Crippen LogP contribution in [0.5, 0.6) is 0 Å². The number of carbonyl (C=O) groups excluding carboxylic acids is 1. The van der Waals surface area contributed by atoms with Crippen molar-refractivity contribution in [1.82, 2.24) is 5.32 Å². The van der Waals surface area contributed by atoms with Crippen LogP contribution >= 0.6 is 0 Å². The maximum absolute atomic E-state index is 12.0. The zero-order valence-electron chi connectivity index (χ0n) is 11.7. The first-order valence-electron chi connectivity index (χ1n) is 6.34. The number of hydrogen-bond acceptors (Lipinski definition) is 2. The number of rotatable bonds is 5. The molecule has 0 radical (unpaired) electrons.